The molecular formula is C20H21N5O3. The number of carbonyl (C=O) groups is 1. The van der Waals surface area contributed by atoms with Crippen molar-refractivity contribution < 1.29 is 9.72 Å². The smallest absolute Gasteiger partial charge is 0.292 e. The van der Waals surface area contributed by atoms with Crippen molar-refractivity contribution in [3.8, 4) is 5.69 Å². The van der Waals surface area contributed by atoms with Crippen LogP contribution in [-0.4, -0.2) is 33.7 Å². The highest BCUT2D eigenvalue weighted by Gasteiger charge is 2.16. The van der Waals surface area contributed by atoms with E-state index in [0.717, 1.165) is 16.9 Å². The van der Waals surface area contributed by atoms with Crippen LogP contribution in [0.2, 0.25) is 0 Å². The number of nitro benzene ring substituents is 1. The van der Waals surface area contributed by atoms with Gasteiger partial charge in [0.15, 0.2) is 0 Å². The van der Waals surface area contributed by atoms with E-state index in [1.165, 1.54) is 6.07 Å². The highest BCUT2D eigenvalue weighted by Crippen LogP contribution is 2.22. The van der Waals surface area contributed by atoms with Crippen LogP contribution < -0.4 is 10.6 Å². The van der Waals surface area contributed by atoms with Gasteiger partial charge >= 0.3 is 0 Å². The van der Waals surface area contributed by atoms with Crippen LogP contribution >= 0.6 is 0 Å². The molecule has 1 heterocycles. The number of amides is 1. The zero-order valence-electron chi connectivity index (χ0n) is 15.7. The molecule has 1 aromatic heterocycles. The Bertz CT molecular complexity index is 1010. The van der Waals surface area contributed by atoms with Crippen LogP contribution in [0.3, 0.4) is 0 Å². The first kappa shape index (κ1) is 19.1. The molecule has 0 unspecified atom stereocenters. The number of nitrogens with zero attached hydrogens (tertiary/aromatic N) is 3. The third kappa shape index (κ3) is 4.01. The van der Waals surface area contributed by atoms with Crippen molar-refractivity contribution in [2.45, 2.75) is 13.8 Å². The maximum Gasteiger partial charge on any atom is 0.292 e. The van der Waals surface area contributed by atoms with E-state index >= 15 is 0 Å². The number of anilines is 1. The molecule has 0 aliphatic rings. The summed E-state index contributed by atoms with van der Waals surface area (Å²) in [5, 5.41) is 21.1. The van der Waals surface area contributed by atoms with Crippen LogP contribution in [0.1, 0.15) is 21.6 Å². The zero-order valence-corrected chi connectivity index (χ0v) is 15.7. The largest absolute Gasteiger partial charge is 0.378 e. The Morgan fingerprint density at radius 3 is 2.57 bits per heavy atom. The maximum absolute atomic E-state index is 12.5. The van der Waals surface area contributed by atoms with Gasteiger partial charge in [-0.25, -0.2) is 4.68 Å². The van der Waals surface area contributed by atoms with Crippen LogP contribution in [0.25, 0.3) is 5.69 Å². The Labute approximate surface area is 162 Å². The summed E-state index contributed by atoms with van der Waals surface area (Å²) in [4.78, 5) is 23.1. The summed E-state index contributed by atoms with van der Waals surface area (Å²) >= 11 is 0. The van der Waals surface area contributed by atoms with Crippen LogP contribution in [0.5, 0.6) is 0 Å². The van der Waals surface area contributed by atoms with Gasteiger partial charge in [0.05, 0.1) is 28.1 Å². The van der Waals surface area contributed by atoms with Crippen molar-refractivity contribution in [2.24, 2.45) is 0 Å². The fourth-order valence-corrected chi connectivity index (χ4v) is 2.93. The maximum atomic E-state index is 12.5. The van der Waals surface area contributed by atoms with Gasteiger partial charge in [0, 0.05) is 19.2 Å². The molecule has 2 aromatic carbocycles. The van der Waals surface area contributed by atoms with Gasteiger partial charge in [0.2, 0.25) is 0 Å². The second kappa shape index (κ2) is 8.34. The number of para-hydroxylation sites is 3. The Balaban J connectivity index is 1.61. The number of nitro groups is 1. The van der Waals surface area contributed by atoms with Crippen molar-refractivity contribution in [3.63, 3.8) is 0 Å². The Morgan fingerprint density at radius 2 is 1.82 bits per heavy atom. The fourth-order valence-electron chi connectivity index (χ4n) is 2.93. The van der Waals surface area contributed by atoms with Crippen molar-refractivity contribution in [1.82, 2.24) is 15.1 Å². The third-order valence-corrected chi connectivity index (χ3v) is 4.42. The van der Waals surface area contributed by atoms with Crippen LogP contribution in [-0.2, 0) is 0 Å². The van der Waals surface area contributed by atoms with Crippen LogP contribution in [0, 0.1) is 24.0 Å². The lowest BCUT2D eigenvalue weighted by Gasteiger charge is -2.10. The molecular weight excluding hydrogens is 358 g/mol. The molecule has 0 aliphatic carbocycles. The normalized spacial score (nSPS) is 10.5. The first-order chi connectivity index (χ1) is 13.5. The summed E-state index contributed by atoms with van der Waals surface area (Å²) in [6, 6.07) is 14.2. The predicted octanol–water partition coefficient (Wildman–Crippen LogP) is 3.24. The van der Waals surface area contributed by atoms with E-state index in [9.17, 15) is 14.9 Å². The minimum Gasteiger partial charge on any atom is -0.378 e. The molecule has 1 amide bonds. The summed E-state index contributed by atoms with van der Waals surface area (Å²) in [5.41, 5.74) is 3.66. The Hall–Kier alpha value is -3.68. The Kier molecular flexibility index (Phi) is 5.69. The highest BCUT2D eigenvalue weighted by molar-refractivity contribution is 5.95. The van der Waals surface area contributed by atoms with Gasteiger partial charge < -0.3 is 10.6 Å². The lowest BCUT2D eigenvalue weighted by Crippen LogP contribution is -2.29. The molecule has 0 spiro atoms. The van der Waals surface area contributed by atoms with Crippen molar-refractivity contribution in [2.75, 3.05) is 18.4 Å². The van der Waals surface area contributed by atoms with Crippen LogP contribution in [0.15, 0.2) is 54.7 Å². The van der Waals surface area contributed by atoms with Crippen LogP contribution in [0.4, 0.5) is 11.4 Å². The molecule has 8 nitrogen and oxygen atoms in total. The summed E-state index contributed by atoms with van der Waals surface area (Å²) in [7, 11) is 0. The summed E-state index contributed by atoms with van der Waals surface area (Å²) in [6.45, 7) is 4.52. The van der Waals surface area contributed by atoms with Gasteiger partial charge in [0.25, 0.3) is 11.6 Å². The van der Waals surface area contributed by atoms with E-state index in [2.05, 4.69) is 15.7 Å². The molecule has 0 fully saturated rings. The highest BCUT2D eigenvalue weighted by atomic mass is 16.6. The molecule has 8 heteroatoms. The quantitative estimate of drug-likeness (QED) is 0.373. The number of aryl methyl sites for hydroxylation is 1. The molecule has 0 bridgehead atoms. The monoisotopic (exact) mass is 379 g/mol. The molecule has 0 saturated carbocycles. The third-order valence-electron chi connectivity index (χ3n) is 4.42. The zero-order chi connectivity index (χ0) is 20.1. The van der Waals surface area contributed by atoms with E-state index in [-0.39, 0.29) is 11.6 Å². The minimum absolute atomic E-state index is 0.00387. The van der Waals surface area contributed by atoms with E-state index in [4.69, 9.17) is 0 Å². The topological polar surface area (TPSA) is 102 Å². The lowest BCUT2D eigenvalue weighted by atomic mass is 10.2. The molecule has 144 valence electrons. The minimum atomic E-state index is -0.440. The molecule has 28 heavy (non-hydrogen) atoms. The number of hydrogen-bond donors (Lipinski definition) is 2. The molecule has 0 atom stereocenters. The van der Waals surface area contributed by atoms with E-state index in [0.29, 0.717) is 24.3 Å². The molecule has 2 N–H and O–H groups in total. The number of nitrogens with one attached hydrogen (secondary N) is 2. The standard InChI is InChI=1S/C20H21N5O3/c1-14-7-3-5-9-18(14)24-15(2)16(13-23-24)20(26)22-12-11-21-17-8-4-6-10-19(17)25(27)28/h3-10,13,21H,11-12H2,1-2H3,(H,22,26). The SMILES string of the molecule is Cc1ccccc1-n1ncc(C(=O)NCCNc2ccccc2[N+](=O)[O-])c1C. The van der Waals surface area contributed by atoms with Gasteiger partial charge in [-0.1, -0.05) is 30.3 Å². The van der Waals surface area contributed by atoms with Gasteiger partial charge in [-0.3, -0.25) is 14.9 Å². The number of benzene rings is 2. The lowest BCUT2D eigenvalue weighted by molar-refractivity contribution is -0.384. The number of rotatable bonds is 7. The second-order valence-electron chi connectivity index (χ2n) is 6.30. The summed E-state index contributed by atoms with van der Waals surface area (Å²) in [5.74, 6) is -0.235. The van der Waals surface area contributed by atoms with E-state index in [1.807, 2.05) is 38.1 Å². The first-order valence-electron chi connectivity index (χ1n) is 8.85. The molecule has 0 radical (unpaired) electrons. The number of hydrogen-bond acceptors (Lipinski definition) is 5. The number of aromatic nitrogens is 2. The fraction of sp³-hybridized carbons (Fsp3) is 0.200. The predicted molar refractivity (Wildman–Crippen MR) is 107 cm³/mol. The van der Waals surface area contributed by atoms with Gasteiger partial charge in [-0.05, 0) is 31.5 Å². The molecule has 3 rings (SSSR count). The molecule has 0 saturated heterocycles. The molecule has 3 aromatic rings. The molecule has 0 aliphatic heterocycles. The van der Waals surface area contributed by atoms with E-state index in [1.54, 1.807) is 29.1 Å². The Morgan fingerprint density at radius 1 is 1.11 bits per heavy atom. The second-order valence-corrected chi connectivity index (χ2v) is 6.30. The van der Waals surface area contributed by atoms with Gasteiger partial charge in [-0.2, -0.15) is 5.10 Å². The summed E-state index contributed by atoms with van der Waals surface area (Å²) < 4.78 is 1.75. The number of carbonyl (C=O) groups excluding carboxylic acids is 1. The van der Waals surface area contributed by atoms with E-state index < -0.39 is 4.92 Å². The van der Waals surface area contributed by atoms with Gasteiger partial charge in [0.1, 0.15) is 5.69 Å². The van der Waals surface area contributed by atoms with Crippen molar-refractivity contribution in [1.29, 1.82) is 0 Å². The summed E-state index contributed by atoms with van der Waals surface area (Å²) in [6.07, 6.45) is 1.55. The first-order valence-corrected chi connectivity index (χ1v) is 8.85. The average Bonchev–Trinajstić information content (AvgIpc) is 3.07. The van der Waals surface area contributed by atoms with Gasteiger partial charge in [-0.15, -0.1) is 0 Å². The van der Waals surface area contributed by atoms with Crippen molar-refractivity contribution in [3.05, 3.63) is 81.7 Å². The van der Waals surface area contributed by atoms with Crippen molar-refractivity contribution >= 4 is 17.3 Å². The average molecular weight is 379 g/mol.